The van der Waals surface area contributed by atoms with E-state index in [2.05, 4.69) is 17.3 Å². The third kappa shape index (κ3) is 4.86. The lowest BCUT2D eigenvalue weighted by atomic mass is 9.86. The van der Waals surface area contributed by atoms with E-state index in [0.717, 1.165) is 29.1 Å². The van der Waals surface area contributed by atoms with Crippen LogP contribution >= 0.6 is 0 Å². The number of hydrogen-bond acceptors (Lipinski definition) is 4. The van der Waals surface area contributed by atoms with Crippen molar-refractivity contribution >= 4 is 11.9 Å². The van der Waals surface area contributed by atoms with Crippen LogP contribution in [0.4, 0.5) is 0 Å². The van der Waals surface area contributed by atoms with Crippen LogP contribution in [0.3, 0.4) is 0 Å². The standard InChI is InChI=1S/C23H31N3O3/c1-15-7-5-6-8-21(15)24-23(28)18-9-11-19(12-10-18)26-17(3)20(16(2)25-26)13-14-22(27)29-4/h9-12,15,21H,5-8,13-14H2,1-4H3,(H,24,28)/t15-,21+/m0/s1. The first kappa shape index (κ1) is 21.1. The first-order valence-electron chi connectivity index (χ1n) is 10.4. The number of benzene rings is 1. The molecule has 1 fully saturated rings. The van der Waals surface area contributed by atoms with Gasteiger partial charge < -0.3 is 10.1 Å². The maximum Gasteiger partial charge on any atom is 0.305 e. The summed E-state index contributed by atoms with van der Waals surface area (Å²) in [5.41, 5.74) is 4.53. The lowest BCUT2D eigenvalue weighted by Gasteiger charge is -2.29. The molecule has 0 bridgehead atoms. The van der Waals surface area contributed by atoms with Gasteiger partial charge in [0.25, 0.3) is 5.91 Å². The van der Waals surface area contributed by atoms with Crippen LogP contribution in [0.25, 0.3) is 5.69 Å². The average Bonchev–Trinajstić information content (AvgIpc) is 3.01. The molecule has 29 heavy (non-hydrogen) atoms. The Hall–Kier alpha value is -2.63. The van der Waals surface area contributed by atoms with E-state index < -0.39 is 0 Å². The van der Waals surface area contributed by atoms with E-state index >= 15 is 0 Å². The number of aryl methyl sites for hydroxylation is 1. The van der Waals surface area contributed by atoms with Crippen molar-refractivity contribution in [1.82, 2.24) is 15.1 Å². The van der Waals surface area contributed by atoms with Gasteiger partial charge >= 0.3 is 5.97 Å². The molecular weight excluding hydrogens is 366 g/mol. The number of amides is 1. The van der Waals surface area contributed by atoms with Gasteiger partial charge in [-0.1, -0.05) is 19.8 Å². The van der Waals surface area contributed by atoms with Gasteiger partial charge in [-0.25, -0.2) is 4.68 Å². The molecule has 0 spiro atoms. The molecular formula is C23H31N3O3. The van der Waals surface area contributed by atoms with Crippen molar-refractivity contribution in [3.63, 3.8) is 0 Å². The fourth-order valence-electron chi connectivity index (χ4n) is 4.15. The molecule has 1 saturated carbocycles. The van der Waals surface area contributed by atoms with Crippen molar-refractivity contribution in [3.05, 3.63) is 46.8 Å². The molecule has 0 unspecified atom stereocenters. The number of methoxy groups -OCH3 is 1. The van der Waals surface area contributed by atoms with Gasteiger partial charge in [0.05, 0.1) is 18.5 Å². The predicted molar refractivity (Wildman–Crippen MR) is 112 cm³/mol. The SMILES string of the molecule is COC(=O)CCc1c(C)nn(-c2ccc(C(=O)N[C@@H]3CCCC[C@@H]3C)cc2)c1C. The second-order valence-electron chi connectivity index (χ2n) is 8.03. The number of esters is 1. The monoisotopic (exact) mass is 397 g/mol. The number of carbonyl (C=O) groups is 2. The number of aromatic nitrogens is 2. The highest BCUT2D eigenvalue weighted by Gasteiger charge is 2.23. The summed E-state index contributed by atoms with van der Waals surface area (Å²) in [5, 5.41) is 7.82. The van der Waals surface area contributed by atoms with Gasteiger partial charge in [-0.3, -0.25) is 9.59 Å². The largest absolute Gasteiger partial charge is 0.469 e. The maximum absolute atomic E-state index is 12.6. The van der Waals surface area contributed by atoms with Gasteiger partial charge in [-0.2, -0.15) is 5.10 Å². The lowest BCUT2D eigenvalue weighted by Crippen LogP contribution is -2.41. The Kier molecular flexibility index (Phi) is 6.72. The number of rotatable bonds is 6. The number of nitrogens with one attached hydrogen (secondary N) is 1. The van der Waals surface area contributed by atoms with Crippen LogP contribution in [0, 0.1) is 19.8 Å². The van der Waals surface area contributed by atoms with Crippen LogP contribution in [0.15, 0.2) is 24.3 Å². The fourth-order valence-corrected chi connectivity index (χ4v) is 4.15. The topological polar surface area (TPSA) is 73.2 Å². The second kappa shape index (κ2) is 9.25. The van der Waals surface area contributed by atoms with E-state index in [1.807, 2.05) is 42.8 Å². The van der Waals surface area contributed by atoms with Crippen LogP contribution in [0.5, 0.6) is 0 Å². The minimum Gasteiger partial charge on any atom is -0.469 e. The molecule has 3 rings (SSSR count). The summed E-state index contributed by atoms with van der Waals surface area (Å²) in [5.74, 6) is 0.298. The molecule has 1 aliphatic rings. The highest BCUT2D eigenvalue weighted by molar-refractivity contribution is 5.94. The molecule has 1 amide bonds. The fraction of sp³-hybridized carbons (Fsp3) is 0.522. The van der Waals surface area contributed by atoms with E-state index in [0.29, 0.717) is 24.3 Å². The summed E-state index contributed by atoms with van der Waals surface area (Å²) >= 11 is 0. The normalized spacial score (nSPS) is 19.0. The average molecular weight is 398 g/mol. The molecule has 1 N–H and O–H groups in total. The smallest absolute Gasteiger partial charge is 0.305 e. The van der Waals surface area contributed by atoms with E-state index in [1.165, 1.54) is 26.4 Å². The van der Waals surface area contributed by atoms with Crippen molar-refractivity contribution < 1.29 is 14.3 Å². The summed E-state index contributed by atoms with van der Waals surface area (Å²) in [6, 6.07) is 7.81. The first-order valence-corrected chi connectivity index (χ1v) is 10.4. The van der Waals surface area contributed by atoms with Crippen molar-refractivity contribution in [1.29, 1.82) is 0 Å². The number of nitrogens with zero attached hydrogens (tertiary/aromatic N) is 2. The zero-order valence-corrected chi connectivity index (χ0v) is 17.8. The Labute approximate surface area is 172 Å². The molecule has 6 nitrogen and oxygen atoms in total. The maximum atomic E-state index is 12.6. The van der Waals surface area contributed by atoms with E-state index in [-0.39, 0.29) is 17.9 Å². The molecule has 1 aromatic heterocycles. The molecule has 1 aliphatic carbocycles. The van der Waals surface area contributed by atoms with Crippen LogP contribution in [0.2, 0.25) is 0 Å². The number of hydrogen-bond donors (Lipinski definition) is 1. The zero-order chi connectivity index (χ0) is 21.0. The second-order valence-corrected chi connectivity index (χ2v) is 8.03. The minimum absolute atomic E-state index is 0.0116. The highest BCUT2D eigenvalue weighted by Crippen LogP contribution is 2.24. The van der Waals surface area contributed by atoms with Crippen LogP contribution in [-0.4, -0.2) is 34.8 Å². The Morgan fingerprint density at radius 3 is 2.52 bits per heavy atom. The first-order chi connectivity index (χ1) is 13.9. The van der Waals surface area contributed by atoms with Gasteiger partial charge in [0, 0.05) is 23.7 Å². The highest BCUT2D eigenvalue weighted by atomic mass is 16.5. The van der Waals surface area contributed by atoms with Crippen molar-refractivity contribution in [2.24, 2.45) is 5.92 Å². The van der Waals surface area contributed by atoms with Gasteiger partial charge in [0.15, 0.2) is 0 Å². The summed E-state index contributed by atoms with van der Waals surface area (Å²) in [4.78, 5) is 24.1. The number of ether oxygens (including phenoxy) is 1. The third-order valence-corrected chi connectivity index (χ3v) is 6.05. The Balaban J connectivity index is 1.71. The van der Waals surface area contributed by atoms with Gasteiger partial charge in [-0.05, 0) is 68.9 Å². The molecule has 1 heterocycles. The van der Waals surface area contributed by atoms with E-state index in [4.69, 9.17) is 4.74 Å². The van der Waals surface area contributed by atoms with Gasteiger partial charge in [0.1, 0.15) is 0 Å². The molecule has 2 atom stereocenters. The molecule has 1 aromatic carbocycles. The van der Waals surface area contributed by atoms with Gasteiger partial charge in [-0.15, -0.1) is 0 Å². The molecule has 0 saturated heterocycles. The molecule has 0 aliphatic heterocycles. The third-order valence-electron chi connectivity index (χ3n) is 6.05. The van der Waals surface area contributed by atoms with Gasteiger partial charge in [0.2, 0.25) is 0 Å². The van der Waals surface area contributed by atoms with Crippen molar-refractivity contribution in [2.75, 3.05) is 7.11 Å². The summed E-state index contributed by atoms with van der Waals surface area (Å²) in [6.07, 6.45) is 5.62. The molecule has 156 valence electrons. The summed E-state index contributed by atoms with van der Waals surface area (Å²) in [6.45, 7) is 6.16. The van der Waals surface area contributed by atoms with Crippen LogP contribution < -0.4 is 5.32 Å². The van der Waals surface area contributed by atoms with E-state index in [1.54, 1.807) is 0 Å². The Morgan fingerprint density at radius 2 is 1.86 bits per heavy atom. The van der Waals surface area contributed by atoms with Crippen molar-refractivity contribution in [2.45, 2.75) is 65.3 Å². The van der Waals surface area contributed by atoms with Crippen LogP contribution in [-0.2, 0) is 16.0 Å². The summed E-state index contributed by atoms with van der Waals surface area (Å²) in [7, 11) is 1.40. The minimum atomic E-state index is -0.223. The van der Waals surface area contributed by atoms with Crippen LogP contribution in [0.1, 0.15) is 66.3 Å². The van der Waals surface area contributed by atoms with Crippen molar-refractivity contribution in [3.8, 4) is 5.69 Å². The van der Waals surface area contributed by atoms with E-state index in [9.17, 15) is 9.59 Å². The lowest BCUT2D eigenvalue weighted by molar-refractivity contribution is -0.140. The quantitative estimate of drug-likeness (QED) is 0.750. The Bertz CT molecular complexity index is 870. The molecule has 2 aromatic rings. The molecule has 0 radical (unpaired) electrons. The zero-order valence-electron chi connectivity index (χ0n) is 17.8. The summed E-state index contributed by atoms with van der Waals surface area (Å²) < 4.78 is 6.60. The number of carbonyl (C=O) groups excluding carboxylic acids is 2. The molecule has 6 heteroatoms. The predicted octanol–water partition coefficient (Wildman–Crippen LogP) is 3.90. The Morgan fingerprint density at radius 1 is 1.17 bits per heavy atom.